The van der Waals surface area contributed by atoms with Crippen molar-refractivity contribution in [3.63, 3.8) is 0 Å². The first-order valence-electron chi connectivity index (χ1n) is 5.96. The van der Waals surface area contributed by atoms with E-state index in [4.69, 9.17) is 16.6 Å². The summed E-state index contributed by atoms with van der Waals surface area (Å²) in [6.45, 7) is 0. The minimum Gasteiger partial charge on any atom is -0.472 e. The number of thioether (sulfide) groups is 1. The number of carbonyl (C=O) groups excluding carboxylic acids is 1. The van der Waals surface area contributed by atoms with Crippen molar-refractivity contribution in [3.05, 3.63) is 29.1 Å². The standard InChI is InChI=1S/C12H11NO4S3/c14-11-10(5-8-1-3-17-6-8)19-12(18)13(11)9-2-4-20(15,16)7-9/h1,3,5-6,9H,2,4,7H2/b10-5-/t9-/m1/s1. The largest absolute Gasteiger partial charge is 0.472 e. The van der Waals surface area contributed by atoms with Gasteiger partial charge in [-0.05, 0) is 18.6 Å². The second-order valence-electron chi connectivity index (χ2n) is 4.67. The SMILES string of the molecule is O=C1/C(=C/c2ccoc2)SC(=S)N1[C@@H]1CCS(=O)(=O)C1. The molecule has 20 heavy (non-hydrogen) atoms. The molecule has 2 fully saturated rings. The third-order valence-electron chi connectivity index (χ3n) is 3.24. The molecule has 106 valence electrons. The molecule has 0 aromatic carbocycles. The fourth-order valence-electron chi connectivity index (χ4n) is 2.28. The average molecular weight is 329 g/mol. The molecule has 5 nitrogen and oxygen atoms in total. The third-order valence-corrected chi connectivity index (χ3v) is 6.32. The molecule has 1 aromatic rings. The summed E-state index contributed by atoms with van der Waals surface area (Å²) >= 11 is 6.41. The van der Waals surface area contributed by atoms with Gasteiger partial charge in [0.2, 0.25) is 0 Å². The van der Waals surface area contributed by atoms with Crippen molar-refractivity contribution in [1.82, 2.24) is 4.90 Å². The van der Waals surface area contributed by atoms with E-state index in [2.05, 4.69) is 0 Å². The molecule has 0 radical (unpaired) electrons. The van der Waals surface area contributed by atoms with Gasteiger partial charge in [0.1, 0.15) is 4.32 Å². The van der Waals surface area contributed by atoms with Crippen LogP contribution in [-0.4, -0.2) is 41.1 Å². The van der Waals surface area contributed by atoms with Crippen LogP contribution in [0.5, 0.6) is 0 Å². The first-order valence-corrected chi connectivity index (χ1v) is 9.00. The normalized spacial score (nSPS) is 27.7. The van der Waals surface area contributed by atoms with Crippen LogP contribution in [0.15, 0.2) is 27.9 Å². The van der Waals surface area contributed by atoms with Gasteiger partial charge in [-0.25, -0.2) is 8.42 Å². The minimum absolute atomic E-state index is 0.00156. The van der Waals surface area contributed by atoms with E-state index in [1.165, 1.54) is 29.2 Å². The van der Waals surface area contributed by atoms with Crippen LogP contribution in [0, 0.1) is 0 Å². The van der Waals surface area contributed by atoms with E-state index in [9.17, 15) is 13.2 Å². The summed E-state index contributed by atoms with van der Waals surface area (Å²) in [5.41, 5.74) is 0.782. The van der Waals surface area contributed by atoms with E-state index in [0.29, 0.717) is 15.6 Å². The third kappa shape index (κ3) is 2.55. The van der Waals surface area contributed by atoms with Crippen molar-refractivity contribution in [2.75, 3.05) is 11.5 Å². The Balaban J connectivity index is 1.85. The zero-order valence-electron chi connectivity index (χ0n) is 10.3. The van der Waals surface area contributed by atoms with Gasteiger partial charge in [0.25, 0.3) is 5.91 Å². The maximum absolute atomic E-state index is 12.4. The Labute approximate surface area is 125 Å². The second kappa shape index (κ2) is 5.01. The van der Waals surface area contributed by atoms with Crippen LogP contribution >= 0.6 is 24.0 Å². The molecule has 0 bridgehead atoms. The summed E-state index contributed by atoms with van der Waals surface area (Å²) in [5.74, 6) is -0.100. The zero-order valence-corrected chi connectivity index (χ0v) is 12.8. The number of amides is 1. The molecule has 0 aliphatic carbocycles. The van der Waals surface area contributed by atoms with Crippen molar-refractivity contribution < 1.29 is 17.6 Å². The van der Waals surface area contributed by atoms with E-state index in [-0.39, 0.29) is 23.5 Å². The molecule has 8 heteroatoms. The smallest absolute Gasteiger partial charge is 0.266 e. The van der Waals surface area contributed by atoms with Gasteiger partial charge in [0.05, 0.1) is 35.0 Å². The highest BCUT2D eigenvalue weighted by Crippen LogP contribution is 2.36. The molecule has 0 saturated carbocycles. The van der Waals surface area contributed by atoms with Gasteiger partial charge in [-0.2, -0.15) is 0 Å². The van der Waals surface area contributed by atoms with E-state index >= 15 is 0 Å². The predicted molar refractivity (Wildman–Crippen MR) is 80.8 cm³/mol. The molecule has 1 amide bonds. The first kappa shape index (κ1) is 13.8. The van der Waals surface area contributed by atoms with E-state index in [1.807, 2.05) is 0 Å². The molecule has 0 unspecified atom stereocenters. The maximum atomic E-state index is 12.4. The summed E-state index contributed by atoms with van der Waals surface area (Å²) in [7, 11) is -3.04. The summed E-state index contributed by atoms with van der Waals surface area (Å²) in [4.78, 5) is 14.3. The maximum Gasteiger partial charge on any atom is 0.266 e. The van der Waals surface area contributed by atoms with Crippen LogP contribution in [0.1, 0.15) is 12.0 Å². The molecular formula is C12H11NO4S3. The lowest BCUT2D eigenvalue weighted by Gasteiger charge is -2.20. The Kier molecular flexibility index (Phi) is 3.47. The molecule has 2 saturated heterocycles. The monoisotopic (exact) mass is 329 g/mol. The van der Waals surface area contributed by atoms with Crippen molar-refractivity contribution in [2.45, 2.75) is 12.5 Å². The average Bonchev–Trinajstić information content (AvgIpc) is 3.03. The zero-order chi connectivity index (χ0) is 14.3. The first-order chi connectivity index (χ1) is 9.46. The molecule has 1 aromatic heterocycles. The Hall–Kier alpha value is -1.12. The highest BCUT2D eigenvalue weighted by Gasteiger charge is 2.42. The van der Waals surface area contributed by atoms with Gasteiger partial charge in [-0.1, -0.05) is 24.0 Å². The summed E-state index contributed by atoms with van der Waals surface area (Å²) < 4.78 is 28.4. The van der Waals surface area contributed by atoms with Crippen molar-refractivity contribution >= 4 is 50.1 Å². The molecule has 2 aliphatic heterocycles. The molecule has 0 N–H and O–H groups in total. The minimum atomic E-state index is -3.04. The van der Waals surface area contributed by atoms with Crippen LogP contribution in [0.3, 0.4) is 0 Å². The van der Waals surface area contributed by atoms with E-state index in [1.54, 1.807) is 12.1 Å². The van der Waals surface area contributed by atoms with Crippen LogP contribution in [0.4, 0.5) is 0 Å². The lowest BCUT2D eigenvalue weighted by atomic mass is 10.2. The number of thiocarbonyl (C=S) groups is 1. The van der Waals surface area contributed by atoms with E-state index < -0.39 is 9.84 Å². The predicted octanol–water partition coefficient (Wildman–Crippen LogP) is 1.67. The van der Waals surface area contributed by atoms with Gasteiger partial charge in [-0.15, -0.1) is 0 Å². The molecule has 0 spiro atoms. The fraction of sp³-hybridized carbons (Fsp3) is 0.333. The van der Waals surface area contributed by atoms with Gasteiger partial charge in [0, 0.05) is 5.56 Å². The number of carbonyl (C=O) groups is 1. The van der Waals surface area contributed by atoms with Crippen LogP contribution < -0.4 is 0 Å². The van der Waals surface area contributed by atoms with Gasteiger partial charge in [0.15, 0.2) is 9.84 Å². The quantitative estimate of drug-likeness (QED) is 0.607. The molecular weight excluding hydrogens is 318 g/mol. The van der Waals surface area contributed by atoms with Crippen LogP contribution in [0.2, 0.25) is 0 Å². The lowest BCUT2D eigenvalue weighted by Crippen LogP contribution is -2.39. The summed E-state index contributed by atoms with van der Waals surface area (Å²) in [6, 6.07) is 1.41. The van der Waals surface area contributed by atoms with E-state index in [0.717, 1.165) is 5.56 Å². The number of furan rings is 1. The molecule has 3 rings (SSSR count). The Bertz CT molecular complexity index is 690. The Morgan fingerprint density at radius 3 is 2.90 bits per heavy atom. The number of sulfone groups is 1. The van der Waals surface area contributed by atoms with Crippen LogP contribution in [-0.2, 0) is 14.6 Å². The van der Waals surface area contributed by atoms with Gasteiger partial charge < -0.3 is 4.42 Å². The molecule has 3 heterocycles. The summed E-state index contributed by atoms with van der Waals surface area (Å²) in [5, 5.41) is 0. The molecule has 1 atom stereocenters. The Morgan fingerprint density at radius 1 is 1.50 bits per heavy atom. The number of nitrogens with zero attached hydrogens (tertiary/aromatic N) is 1. The topological polar surface area (TPSA) is 67.6 Å². The number of rotatable bonds is 2. The lowest BCUT2D eigenvalue weighted by molar-refractivity contribution is -0.123. The second-order valence-corrected chi connectivity index (χ2v) is 8.57. The van der Waals surface area contributed by atoms with Gasteiger partial charge >= 0.3 is 0 Å². The van der Waals surface area contributed by atoms with Gasteiger partial charge in [-0.3, -0.25) is 9.69 Å². The van der Waals surface area contributed by atoms with Crippen LogP contribution in [0.25, 0.3) is 6.08 Å². The molecule has 2 aliphatic rings. The van der Waals surface area contributed by atoms with Crippen molar-refractivity contribution in [3.8, 4) is 0 Å². The highest BCUT2D eigenvalue weighted by molar-refractivity contribution is 8.26. The fourth-order valence-corrected chi connectivity index (χ4v) is 5.38. The number of hydrogen-bond acceptors (Lipinski definition) is 6. The number of hydrogen-bond donors (Lipinski definition) is 0. The summed E-state index contributed by atoms with van der Waals surface area (Å²) in [6.07, 6.45) is 5.21. The highest BCUT2D eigenvalue weighted by atomic mass is 32.2. The van der Waals surface area contributed by atoms with Crippen molar-refractivity contribution in [1.29, 1.82) is 0 Å². The van der Waals surface area contributed by atoms with Crippen molar-refractivity contribution in [2.24, 2.45) is 0 Å². The Morgan fingerprint density at radius 2 is 2.30 bits per heavy atom.